The van der Waals surface area contributed by atoms with Crippen molar-refractivity contribution >= 4 is 7.60 Å². The largest absolute Gasteiger partial charge is 0.351 e. The fourth-order valence-electron chi connectivity index (χ4n) is 1.75. The van der Waals surface area contributed by atoms with Crippen LogP contribution in [0.3, 0.4) is 0 Å². The zero-order valence-electron chi connectivity index (χ0n) is 9.76. The van der Waals surface area contributed by atoms with Crippen LogP contribution in [0, 0.1) is 0 Å². The minimum Gasteiger partial charge on any atom is -0.340 e. The van der Waals surface area contributed by atoms with Crippen LogP contribution in [0.25, 0.3) is 0 Å². The summed E-state index contributed by atoms with van der Waals surface area (Å²) in [6, 6.07) is 1.19. The molecule has 3 N–H and O–H groups in total. The van der Waals surface area contributed by atoms with Gasteiger partial charge in [0.05, 0.1) is 0 Å². The number of nitrogens with one attached hydrogen (secondary N) is 1. The summed E-state index contributed by atoms with van der Waals surface area (Å²) in [6.07, 6.45) is 0.0124. The molecule has 1 aromatic rings. The molecule has 1 fully saturated rings. The van der Waals surface area contributed by atoms with Gasteiger partial charge in [0, 0.05) is 18.7 Å². The van der Waals surface area contributed by atoms with Crippen molar-refractivity contribution in [2.45, 2.75) is 25.4 Å². The Morgan fingerprint density at radius 1 is 1.47 bits per heavy atom. The van der Waals surface area contributed by atoms with Gasteiger partial charge in [-0.15, -0.1) is 0 Å². The fraction of sp³-hybridized carbons (Fsp3) is 0.556. The standard InChI is InChI=1S/C9H13N2O7P/c12-6-3-4-11(9(13)10-6)7-1-2-8(18-7)17-5-19(14,15)16/h3-4,7-8H,1-2,5H2,(H,10,12,13)(H2,14,15,16). The number of aromatic amines is 1. The average molecular weight is 292 g/mol. The molecule has 0 radical (unpaired) electrons. The molecule has 0 saturated carbocycles. The maximum absolute atomic E-state index is 11.5. The van der Waals surface area contributed by atoms with E-state index in [9.17, 15) is 14.2 Å². The summed E-state index contributed by atoms with van der Waals surface area (Å²) < 4.78 is 22.1. The van der Waals surface area contributed by atoms with Crippen LogP contribution in [0.1, 0.15) is 19.1 Å². The van der Waals surface area contributed by atoms with E-state index < -0.39 is 37.7 Å². The minimum atomic E-state index is -4.24. The van der Waals surface area contributed by atoms with Gasteiger partial charge in [-0.05, 0) is 6.42 Å². The van der Waals surface area contributed by atoms with E-state index in [2.05, 4.69) is 4.98 Å². The van der Waals surface area contributed by atoms with Crippen molar-refractivity contribution in [1.82, 2.24) is 9.55 Å². The van der Waals surface area contributed by atoms with Crippen molar-refractivity contribution in [2.24, 2.45) is 0 Å². The molecule has 0 bridgehead atoms. The molecule has 19 heavy (non-hydrogen) atoms. The molecule has 1 aliphatic heterocycles. The molecule has 1 aromatic heterocycles. The second kappa shape index (κ2) is 5.40. The maximum Gasteiger partial charge on any atom is 0.351 e. The topological polar surface area (TPSA) is 131 Å². The van der Waals surface area contributed by atoms with Crippen molar-refractivity contribution < 1.29 is 23.8 Å². The number of ether oxygens (including phenoxy) is 2. The van der Waals surface area contributed by atoms with E-state index in [1.807, 2.05) is 0 Å². The molecular weight excluding hydrogens is 279 g/mol. The third kappa shape index (κ3) is 3.85. The molecule has 2 heterocycles. The third-order valence-corrected chi connectivity index (χ3v) is 3.03. The van der Waals surface area contributed by atoms with Crippen molar-refractivity contribution in [3.8, 4) is 0 Å². The van der Waals surface area contributed by atoms with Gasteiger partial charge < -0.3 is 19.3 Å². The van der Waals surface area contributed by atoms with Gasteiger partial charge in [0.2, 0.25) is 0 Å². The van der Waals surface area contributed by atoms with Crippen LogP contribution in [-0.2, 0) is 14.0 Å². The number of aromatic nitrogens is 2. The second-order valence-corrected chi connectivity index (χ2v) is 5.66. The Hall–Kier alpha value is -1.25. The first-order valence-corrected chi connectivity index (χ1v) is 7.28. The van der Waals surface area contributed by atoms with Gasteiger partial charge in [-0.1, -0.05) is 0 Å². The summed E-state index contributed by atoms with van der Waals surface area (Å²) in [5, 5.41) is 0. The molecule has 0 aromatic carbocycles. The monoisotopic (exact) mass is 292 g/mol. The van der Waals surface area contributed by atoms with Crippen LogP contribution < -0.4 is 11.2 Å². The van der Waals surface area contributed by atoms with Gasteiger partial charge in [0.25, 0.3) is 5.56 Å². The highest BCUT2D eigenvalue weighted by atomic mass is 31.2. The number of nitrogens with zero attached hydrogens (tertiary/aromatic N) is 1. The minimum absolute atomic E-state index is 0.399. The van der Waals surface area contributed by atoms with E-state index >= 15 is 0 Å². The van der Waals surface area contributed by atoms with E-state index in [1.165, 1.54) is 16.8 Å². The average Bonchev–Trinajstić information content (AvgIpc) is 2.74. The summed E-state index contributed by atoms with van der Waals surface area (Å²) in [5.74, 6) is 0. The molecule has 10 heteroatoms. The molecule has 2 rings (SSSR count). The Labute approximate surface area is 107 Å². The lowest BCUT2D eigenvalue weighted by molar-refractivity contribution is -0.142. The zero-order valence-corrected chi connectivity index (χ0v) is 10.7. The number of H-pyrrole nitrogens is 1. The summed E-state index contributed by atoms with van der Waals surface area (Å²) in [4.78, 5) is 41.9. The Balaban J connectivity index is 2.00. The molecule has 0 aliphatic carbocycles. The van der Waals surface area contributed by atoms with E-state index in [0.29, 0.717) is 12.8 Å². The molecule has 2 atom stereocenters. The Morgan fingerprint density at radius 2 is 2.21 bits per heavy atom. The van der Waals surface area contributed by atoms with Gasteiger partial charge in [0.1, 0.15) is 6.23 Å². The molecular formula is C9H13N2O7P. The molecule has 0 amide bonds. The van der Waals surface area contributed by atoms with Crippen molar-refractivity contribution in [3.63, 3.8) is 0 Å². The summed E-state index contributed by atoms with van der Waals surface area (Å²) in [6.45, 7) is 0. The van der Waals surface area contributed by atoms with Crippen molar-refractivity contribution in [3.05, 3.63) is 33.1 Å². The van der Waals surface area contributed by atoms with E-state index in [4.69, 9.17) is 19.3 Å². The second-order valence-electron chi connectivity index (χ2n) is 4.08. The number of hydrogen-bond donors (Lipinski definition) is 3. The molecule has 2 unspecified atom stereocenters. The van der Waals surface area contributed by atoms with E-state index in [1.54, 1.807) is 0 Å². The lowest BCUT2D eigenvalue weighted by Gasteiger charge is -2.16. The highest BCUT2D eigenvalue weighted by Gasteiger charge is 2.29. The van der Waals surface area contributed by atoms with Crippen LogP contribution in [0.5, 0.6) is 0 Å². The van der Waals surface area contributed by atoms with Gasteiger partial charge in [-0.2, -0.15) is 0 Å². The molecule has 0 spiro atoms. The normalized spacial score (nSPS) is 23.7. The quantitative estimate of drug-likeness (QED) is 0.627. The summed E-state index contributed by atoms with van der Waals surface area (Å²) in [5.41, 5.74) is -1.11. The van der Waals surface area contributed by atoms with Crippen LogP contribution in [0.2, 0.25) is 0 Å². The van der Waals surface area contributed by atoms with Gasteiger partial charge >= 0.3 is 13.3 Å². The van der Waals surface area contributed by atoms with E-state index in [-0.39, 0.29) is 0 Å². The molecule has 1 aliphatic rings. The predicted molar refractivity (Wildman–Crippen MR) is 62.5 cm³/mol. The predicted octanol–water partition coefficient (Wildman–Crippen LogP) is -0.677. The Morgan fingerprint density at radius 3 is 2.84 bits per heavy atom. The summed E-state index contributed by atoms with van der Waals surface area (Å²) in [7, 11) is -4.24. The van der Waals surface area contributed by atoms with Gasteiger partial charge in [-0.3, -0.25) is 18.9 Å². The lowest BCUT2D eigenvalue weighted by Crippen LogP contribution is -2.31. The SMILES string of the molecule is O=c1ccn(C2CCC(OCP(=O)(O)O)O2)c(=O)[nH]1. The molecule has 9 nitrogen and oxygen atoms in total. The fourth-order valence-corrected chi connectivity index (χ4v) is 2.11. The highest BCUT2D eigenvalue weighted by molar-refractivity contribution is 7.51. The number of hydrogen-bond acceptors (Lipinski definition) is 5. The van der Waals surface area contributed by atoms with Gasteiger partial charge in [0.15, 0.2) is 12.6 Å². The maximum atomic E-state index is 11.5. The van der Waals surface area contributed by atoms with Crippen LogP contribution >= 0.6 is 7.60 Å². The lowest BCUT2D eigenvalue weighted by atomic mass is 10.3. The van der Waals surface area contributed by atoms with Crippen LogP contribution in [0.4, 0.5) is 0 Å². The molecule has 106 valence electrons. The molecule has 1 saturated heterocycles. The summed E-state index contributed by atoms with van der Waals surface area (Å²) >= 11 is 0. The first kappa shape index (κ1) is 14.2. The first-order valence-electron chi connectivity index (χ1n) is 5.48. The van der Waals surface area contributed by atoms with Crippen LogP contribution in [0.15, 0.2) is 21.9 Å². The van der Waals surface area contributed by atoms with Gasteiger partial charge in [-0.25, -0.2) is 4.79 Å². The third-order valence-electron chi connectivity index (χ3n) is 2.55. The zero-order chi connectivity index (χ0) is 14.0. The Kier molecular flexibility index (Phi) is 4.02. The highest BCUT2D eigenvalue weighted by Crippen LogP contribution is 2.36. The van der Waals surface area contributed by atoms with E-state index in [0.717, 1.165) is 0 Å². The van der Waals surface area contributed by atoms with Crippen LogP contribution in [-0.4, -0.2) is 32.0 Å². The van der Waals surface area contributed by atoms with Crippen molar-refractivity contribution in [2.75, 3.05) is 6.35 Å². The number of rotatable bonds is 4. The Bertz CT molecular complexity index is 603. The first-order chi connectivity index (χ1) is 8.85. The smallest absolute Gasteiger partial charge is 0.340 e. The van der Waals surface area contributed by atoms with Crippen molar-refractivity contribution in [1.29, 1.82) is 0 Å².